The standard InChI is InChI=1S/C2H3N3.C2H4O/c1-2-5-3-4(1)5;1-2-3/h1-3H;2H,1H3. The molecule has 0 aliphatic rings. The van der Waals surface area contributed by atoms with Gasteiger partial charge in [-0.3, -0.25) is 0 Å². The van der Waals surface area contributed by atoms with Crippen molar-refractivity contribution in [1.29, 1.82) is 0 Å². The molecule has 0 atom stereocenters. The molecule has 1 N–H and O–H groups in total. The number of rotatable bonds is 0. The number of nitrogens with one attached hydrogen (secondary N) is 1. The molecule has 4 nitrogen and oxygen atoms in total. The Morgan fingerprint density at radius 2 is 1.88 bits per heavy atom. The summed E-state index contributed by atoms with van der Waals surface area (Å²) in [5.74, 6) is 0. The SMILES string of the molecule is CC=O.c1cn2[nH]n12. The molecule has 0 unspecified atom stereocenters. The highest BCUT2D eigenvalue weighted by Gasteiger charge is 1.92. The number of nitrogens with zero attached hydrogens (tertiary/aromatic N) is 2. The van der Waals surface area contributed by atoms with Gasteiger partial charge in [0.1, 0.15) is 6.29 Å². The van der Waals surface area contributed by atoms with E-state index >= 15 is 0 Å². The fourth-order valence-electron chi connectivity index (χ4n) is 0.352. The maximum absolute atomic E-state index is 8.81. The van der Waals surface area contributed by atoms with Gasteiger partial charge < -0.3 is 4.79 Å². The second-order valence-corrected chi connectivity index (χ2v) is 1.32. The number of H-pyrrole nitrogens is 1. The zero-order valence-corrected chi connectivity index (χ0v) is 4.53. The molecule has 2 aromatic rings. The van der Waals surface area contributed by atoms with Gasteiger partial charge in [-0.2, -0.15) is 14.5 Å². The van der Waals surface area contributed by atoms with Crippen molar-refractivity contribution in [2.75, 3.05) is 0 Å². The van der Waals surface area contributed by atoms with Crippen molar-refractivity contribution in [2.24, 2.45) is 0 Å². The molecule has 8 heavy (non-hydrogen) atoms. The molecule has 0 fully saturated rings. The number of carbonyl (C=O) groups excluding carboxylic acids is 1. The fourth-order valence-corrected chi connectivity index (χ4v) is 0.352. The number of hydrogen-bond acceptors (Lipinski definition) is 1. The second kappa shape index (κ2) is 1.73. The number of aldehydes is 1. The van der Waals surface area contributed by atoms with Crippen LogP contribution in [0.25, 0.3) is 0 Å². The topological polar surface area (TPSA) is 41.7 Å². The Kier molecular flexibility index (Phi) is 1.07. The van der Waals surface area contributed by atoms with Crippen LogP contribution < -0.4 is 0 Å². The van der Waals surface area contributed by atoms with Gasteiger partial charge in [-0.15, -0.1) is 0 Å². The minimum Gasteiger partial charge on any atom is -0.304 e. The molecule has 44 valence electrons. The molecule has 0 saturated carbocycles. The lowest BCUT2D eigenvalue weighted by molar-refractivity contribution is -0.106. The van der Waals surface area contributed by atoms with Crippen molar-refractivity contribution >= 4 is 6.29 Å². The van der Waals surface area contributed by atoms with Crippen molar-refractivity contribution in [3.05, 3.63) is 12.4 Å². The van der Waals surface area contributed by atoms with Crippen LogP contribution in [0.4, 0.5) is 0 Å². The number of carbonyl (C=O) groups is 1. The van der Waals surface area contributed by atoms with E-state index in [1.165, 1.54) is 6.92 Å². The first-order valence-electron chi connectivity index (χ1n) is 2.31. The Bertz CT molecular complexity index is 197. The first-order valence-corrected chi connectivity index (χ1v) is 2.31. The molecule has 2 aromatic heterocycles. The van der Waals surface area contributed by atoms with E-state index in [1.54, 1.807) is 0 Å². The summed E-state index contributed by atoms with van der Waals surface area (Å²) in [5, 5.41) is 2.86. The van der Waals surface area contributed by atoms with Crippen LogP contribution in [0.1, 0.15) is 6.92 Å². The maximum Gasteiger partial charge on any atom is 0.116 e. The summed E-state index contributed by atoms with van der Waals surface area (Å²) in [6.45, 7) is 1.44. The van der Waals surface area contributed by atoms with Crippen LogP contribution in [-0.4, -0.2) is 20.8 Å². The number of hydrogen-bond donors (Lipinski definition) is 1. The molecule has 0 spiro atoms. The highest BCUT2D eigenvalue weighted by atomic mass is 16.1. The summed E-state index contributed by atoms with van der Waals surface area (Å²) in [5.41, 5.74) is 0. The van der Waals surface area contributed by atoms with E-state index < -0.39 is 0 Å². The van der Waals surface area contributed by atoms with Crippen LogP contribution in [-0.2, 0) is 4.79 Å². The third kappa shape index (κ3) is 0.726. The largest absolute Gasteiger partial charge is 0.304 e. The maximum atomic E-state index is 8.81. The van der Waals surface area contributed by atoms with Crippen LogP contribution in [0.2, 0.25) is 0 Å². The molecular formula is C4H7N3O. The van der Waals surface area contributed by atoms with Crippen molar-refractivity contribution in [1.82, 2.24) is 14.5 Å². The first-order chi connectivity index (χ1) is 3.88. The van der Waals surface area contributed by atoms with Crippen molar-refractivity contribution in [3.63, 3.8) is 0 Å². The molecular weight excluding hydrogens is 106 g/mol. The lowest BCUT2D eigenvalue weighted by Crippen LogP contribution is -1.75. The summed E-state index contributed by atoms with van der Waals surface area (Å²) in [6.07, 6.45) is 4.64. The van der Waals surface area contributed by atoms with Gasteiger partial charge in [-0.25, -0.2) is 0 Å². The van der Waals surface area contributed by atoms with E-state index in [0.717, 1.165) is 6.29 Å². The quantitative estimate of drug-likeness (QED) is 0.480. The summed E-state index contributed by atoms with van der Waals surface area (Å²) in [6, 6.07) is 0. The van der Waals surface area contributed by atoms with Crippen LogP contribution in [0.3, 0.4) is 0 Å². The Balaban J connectivity index is 0.0000000960. The molecule has 0 saturated heterocycles. The molecule has 0 aliphatic heterocycles. The molecule has 0 aromatic carbocycles. The van der Waals surface area contributed by atoms with Gasteiger partial charge in [-0.05, 0) is 6.92 Å². The average molecular weight is 113 g/mol. The number of aromatic amines is 1. The Labute approximate surface area is 46.0 Å². The highest BCUT2D eigenvalue weighted by Crippen LogP contribution is 1.86. The van der Waals surface area contributed by atoms with Crippen molar-refractivity contribution < 1.29 is 4.79 Å². The van der Waals surface area contributed by atoms with Gasteiger partial charge in [-0.1, -0.05) is 0 Å². The zero-order chi connectivity index (χ0) is 5.98. The Morgan fingerprint density at radius 1 is 1.50 bits per heavy atom. The summed E-state index contributed by atoms with van der Waals surface area (Å²) in [4.78, 5) is 8.81. The number of aromatic nitrogens is 3. The Hall–Kier alpha value is -1.19. The molecule has 2 rings (SSSR count). The molecule has 0 radical (unpaired) electrons. The predicted molar refractivity (Wildman–Crippen MR) is 28.1 cm³/mol. The monoisotopic (exact) mass is 113 g/mol. The van der Waals surface area contributed by atoms with Crippen LogP contribution in [0, 0.1) is 0 Å². The third-order valence-electron chi connectivity index (χ3n) is 0.747. The van der Waals surface area contributed by atoms with Gasteiger partial charge in [0.25, 0.3) is 0 Å². The lowest BCUT2D eigenvalue weighted by Gasteiger charge is -1.69. The van der Waals surface area contributed by atoms with Gasteiger partial charge in [0.05, 0.1) is 12.4 Å². The van der Waals surface area contributed by atoms with E-state index in [2.05, 4.69) is 5.21 Å². The molecule has 0 bridgehead atoms. The van der Waals surface area contributed by atoms with Crippen molar-refractivity contribution in [3.8, 4) is 0 Å². The van der Waals surface area contributed by atoms with E-state index in [1.807, 2.05) is 21.7 Å². The van der Waals surface area contributed by atoms with Crippen LogP contribution in [0.15, 0.2) is 12.4 Å². The van der Waals surface area contributed by atoms with Crippen molar-refractivity contribution in [2.45, 2.75) is 6.92 Å². The highest BCUT2D eigenvalue weighted by molar-refractivity contribution is 5.44. The van der Waals surface area contributed by atoms with Gasteiger partial charge >= 0.3 is 0 Å². The zero-order valence-electron chi connectivity index (χ0n) is 4.53. The minimum absolute atomic E-state index is 0.750. The van der Waals surface area contributed by atoms with Crippen LogP contribution >= 0.6 is 0 Å². The van der Waals surface area contributed by atoms with E-state index in [4.69, 9.17) is 4.79 Å². The fraction of sp³-hybridized carbons (Fsp3) is 0.250. The third-order valence-corrected chi connectivity index (χ3v) is 0.747. The van der Waals surface area contributed by atoms with E-state index in [0.29, 0.717) is 0 Å². The summed E-state index contributed by atoms with van der Waals surface area (Å²) in [7, 11) is 0. The molecule has 4 heteroatoms. The normalized spacial score (nSPS) is 9.12. The average Bonchev–Trinajstić information content (AvgIpc) is 2.16. The minimum atomic E-state index is 0.750. The molecule has 2 heterocycles. The first kappa shape index (κ1) is 4.96. The second-order valence-electron chi connectivity index (χ2n) is 1.32. The number of fused-ring (bicyclic) bond motifs is 1. The van der Waals surface area contributed by atoms with Crippen LogP contribution in [0.5, 0.6) is 0 Å². The summed E-state index contributed by atoms with van der Waals surface area (Å²) >= 11 is 0. The smallest absolute Gasteiger partial charge is 0.116 e. The van der Waals surface area contributed by atoms with Gasteiger partial charge in [0.15, 0.2) is 0 Å². The lowest BCUT2D eigenvalue weighted by atomic mass is 10.9. The van der Waals surface area contributed by atoms with E-state index in [-0.39, 0.29) is 0 Å². The van der Waals surface area contributed by atoms with Gasteiger partial charge in [0, 0.05) is 0 Å². The molecule has 0 amide bonds. The predicted octanol–water partition coefficient (Wildman–Crippen LogP) is 0.00990. The summed E-state index contributed by atoms with van der Waals surface area (Å²) < 4.78 is 3.75. The van der Waals surface area contributed by atoms with E-state index in [9.17, 15) is 0 Å². The molecule has 0 aliphatic carbocycles. The Morgan fingerprint density at radius 3 is 1.88 bits per heavy atom. The van der Waals surface area contributed by atoms with Gasteiger partial charge in [0.2, 0.25) is 0 Å².